The molecule has 140 valence electrons. The van der Waals surface area contributed by atoms with Crippen LogP contribution in [0.4, 0.5) is 0 Å². The van der Waals surface area contributed by atoms with Crippen LogP contribution in [0, 0.1) is 11.8 Å². The number of likely N-dealkylation sites (tertiary alicyclic amines) is 1. The van der Waals surface area contributed by atoms with Gasteiger partial charge < -0.3 is 10.0 Å². The van der Waals surface area contributed by atoms with Crippen molar-refractivity contribution in [1.29, 1.82) is 0 Å². The van der Waals surface area contributed by atoms with E-state index in [1.54, 1.807) is 6.08 Å². The van der Waals surface area contributed by atoms with Crippen molar-refractivity contribution < 1.29 is 14.7 Å². The molecule has 1 aromatic rings. The molecular formula is C22H29NO3. The Morgan fingerprint density at radius 3 is 2.35 bits per heavy atom. The first-order valence-electron chi connectivity index (χ1n) is 9.76. The minimum atomic E-state index is -1.01. The van der Waals surface area contributed by atoms with E-state index in [2.05, 4.69) is 13.8 Å². The van der Waals surface area contributed by atoms with Gasteiger partial charge in [-0.15, -0.1) is 0 Å². The Hall–Kier alpha value is -2.10. The van der Waals surface area contributed by atoms with Gasteiger partial charge in [-0.3, -0.25) is 4.79 Å². The van der Waals surface area contributed by atoms with Gasteiger partial charge >= 0.3 is 5.97 Å². The molecule has 1 saturated carbocycles. The standard InChI is InChI=1S/C22H29NO3/c1-15(2)20-10-6-5-7-16(20)11-19(22(25)26)12-21(24)23-13-17-8-3-4-9-18(17)14-23/h5-7,10-11,15,17-18H,3-4,8-9,12-14H2,1-2H3,(H,25,26)/b19-11-. The first-order valence-corrected chi connectivity index (χ1v) is 9.76. The van der Waals surface area contributed by atoms with Crippen molar-refractivity contribution in [3.63, 3.8) is 0 Å². The fourth-order valence-electron chi connectivity index (χ4n) is 4.43. The van der Waals surface area contributed by atoms with Gasteiger partial charge in [0.1, 0.15) is 0 Å². The fourth-order valence-corrected chi connectivity index (χ4v) is 4.43. The molecule has 2 unspecified atom stereocenters. The van der Waals surface area contributed by atoms with E-state index in [9.17, 15) is 14.7 Å². The second-order valence-electron chi connectivity index (χ2n) is 8.04. The number of aliphatic carboxylic acids is 1. The molecule has 26 heavy (non-hydrogen) atoms. The molecular weight excluding hydrogens is 326 g/mol. The Labute approximate surface area is 155 Å². The predicted molar refractivity (Wildman–Crippen MR) is 103 cm³/mol. The number of carbonyl (C=O) groups is 2. The number of hydrogen-bond acceptors (Lipinski definition) is 2. The molecule has 2 fully saturated rings. The van der Waals surface area contributed by atoms with E-state index in [4.69, 9.17) is 0 Å². The topological polar surface area (TPSA) is 57.6 Å². The molecule has 3 rings (SSSR count). The van der Waals surface area contributed by atoms with Gasteiger partial charge in [0, 0.05) is 18.7 Å². The van der Waals surface area contributed by atoms with Crippen LogP contribution >= 0.6 is 0 Å². The van der Waals surface area contributed by atoms with E-state index >= 15 is 0 Å². The van der Waals surface area contributed by atoms with Crippen LogP contribution in [0.25, 0.3) is 6.08 Å². The molecule has 1 heterocycles. The number of benzene rings is 1. The Morgan fingerprint density at radius 2 is 1.77 bits per heavy atom. The van der Waals surface area contributed by atoms with Crippen molar-refractivity contribution in [2.75, 3.05) is 13.1 Å². The third-order valence-corrected chi connectivity index (χ3v) is 5.89. The highest BCUT2D eigenvalue weighted by atomic mass is 16.4. The third kappa shape index (κ3) is 4.17. The highest BCUT2D eigenvalue weighted by molar-refractivity contribution is 5.98. The molecule has 1 aliphatic carbocycles. The van der Waals surface area contributed by atoms with Gasteiger partial charge in [0.2, 0.25) is 5.91 Å². The summed E-state index contributed by atoms with van der Waals surface area (Å²) >= 11 is 0. The number of amides is 1. The molecule has 2 atom stereocenters. The summed E-state index contributed by atoms with van der Waals surface area (Å²) in [5, 5.41) is 9.62. The van der Waals surface area contributed by atoms with E-state index in [-0.39, 0.29) is 17.9 Å². The van der Waals surface area contributed by atoms with Crippen molar-refractivity contribution in [2.24, 2.45) is 11.8 Å². The summed E-state index contributed by atoms with van der Waals surface area (Å²) in [6.45, 7) is 5.78. The number of fused-ring (bicyclic) bond motifs is 1. The quantitative estimate of drug-likeness (QED) is 0.801. The summed E-state index contributed by atoms with van der Waals surface area (Å²) in [5.74, 6) is 0.483. The van der Waals surface area contributed by atoms with Gasteiger partial charge in [0.25, 0.3) is 0 Å². The highest BCUT2D eigenvalue weighted by Crippen LogP contribution is 2.36. The van der Waals surface area contributed by atoms with Crippen LogP contribution < -0.4 is 0 Å². The molecule has 1 aromatic carbocycles. The van der Waals surface area contributed by atoms with Crippen LogP contribution in [0.15, 0.2) is 29.8 Å². The molecule has 4 nitrogen and oxygen atoms in total. The second-order valence-corrected chi connectivity index (χ2v) is 8.04. The van der Waals surface area contributed by atoms with Gasteiger partial charge in [0.05, 0.1) is 6.42 Å². The summed E-state index contributed by atoms with van der Waals surface area (Å²) in [7, 11) is 0. The number of nitrogens with zero attached hydrogens (tertiary/aromatic N) is 1. The number of carboxylic acids is 1. The number of carbonyl (C=O) groups excluding carboxylic acids is 1. The summed E-state index contributed by atoms with van der Waals surface area (Å²) in [5.41, 5.74) is 2.17. The van der Waals surface area contributed by atoms with Crippen LogP contribution in [-0.2, 0) is 9.59 Å². The lowest BCUT2D eigenvalue weighted by Crippen LogP contribution is -2.29. The zero-order valence-electron chi connectivity index (χ0n) is 15.8. The average Bonchev–Trinajstić information content (AvgIpc) is 3.05. The van der Waals surface area contributed by atoms with Crippen molar-refractivity contribution in [3.8, 4) is 0 Å². The predicted octanol–water partition coefficient (Wildman–Crippen LogP) is 4.32. The molecule has 0 bridgehead atoms. The molecule has 0 radical (unpaired) electrons. The van der Waals surface area contributed by atoms with Gasteiger partial charge in [-0.1, -0.05) is 51.0 Å². The molecule has 1 amide bonds. The number of hydrogen-bond donors (Lipinski definition) is 1. The lowest BCUT2D eigenvalue weighted by molar-refractivity contribution is -0.136. The van der Waals surface area contributed by atoms with Gasteiger partial charge in [-0.2, -0.15) is 0 Å². The summed E-state index contributed by atoms with van der Waals surface area (Å²) in [4.78, 5) is 26.4. The second kappa shape index (κ2) is 8.07. The third-order valence-electron chi connectivity index (χ3n) is 5.89. The minimum absolute atomic E-state index is 0.0266. The Bertz CT molecular complexity index is 693. The maximum atomic E-state index is 12.7. The maximum Gasteiger partial charge on any atom is 0.332 e. The fraction of sp³-hybridized carbons (Fsp3) is 0.545. The number of carboxylic acid groups (broad SMARTS) is 1. The minimum Gasteiger partial charge on any atom is -0.478 e. The monoisotopic (exact) mass is 355 g/mol. The SMILES string of the molecule is CC(C)c1ccccc1/C=C(/CC(=O)N1CC2CCCCC2C1)C(=O)O. The van der Waals surface area contributed by atoms with E-state index in [0.29, 0.717) is 17.8 Å². The number of rotatable bonds is 5. The van der Waals surface area contributed by atoms with Crippen molar-refractivity contribution in [2.45, 2.75) is 51.9 Å². The smallest absolute Gasteiger partial charge is 0.332 e. The maximum absolute atomic E-state index is 12.7. The van der Waals surface area contributed by atoms with Crippen molar-refractivity contribution in [3.05, 3.63) is 41.0 Å². The van der Waals surface area contributed by atoms with E-state index < -0.39 is 5.97 Å². The Balaban J connectivity index is 1.75. The Kier molecular flexibility index (Phi) is 5.80. The van der Waals surface area contributed by atoms with Gasteiger partial charge in [-0.05, 0) is 47.8 Å². The zero-order valence-corrected chi connectivity index (χ0v) is 15.8. The van der Waals surface area contributed by atoms with Crippen LogP contribution in [0.1, 0.15) is 63.0 Å². The zero-order chi connectivity index (χ0) is 18.7. The lowest BCUT2D eigenvalue weighted by Gasteiger charge is -2.22. The molecule has 1 N–H and O–H groups in total. The first kappa shape index (κ1) is 18.7. The molecule has 4 heteroatoms. The van der Waals surface area contributed by atoms with Gasteiger partial charge in [-0.25, -0.2) is 4.79 Å². The molecule has 0 aromatic heterocycles. The highest BCUT2D eigenvalue weighted by Gasteiger charge is 2.36. The summed E-state index contributed by atoms with van der Waals surface area (Å²) in [6, 6.07) is 7.81. The molecule has 0 spiro atoms. The van der Waals surface area contributed by atoms with Crippen LogP contribution in [0.2, 0.25) is 0 Å². The molecule has 2 aliphatic rings. The lowest BCUT2D eigenvalue weighted by atomic mass is 9.82. The van der Waals surface area contributed by atoms with Crippen molar-refractivity contribution in [1.82, 2.24) is 4.90 Å². The van der Waals surface area contributed by atoms with Crippen molar-refractivity contribution >= 4 is 18.0 Å². The van der Waals surface area contributed by atoms with Crippen LogP contribution in [0.5, 0.6) is 0 Å². The van der Waals surface area contributed by atoms with E-state index in [0.717, 1.165) is 24.2 Å². The van der Waals surface area contributed by atoms with Crippen LogP contribution in [-0.4, -0.2) is 35.0 Å². The largest absolute Gasteiger partial charge is 0.478 e. The Morgan fingerprint density at radius 1 is 1.15 bits per heavy atom. The molecule has 1 aliphatic heterocycles. The molecule has 1 saturated heterocycles. The summed E-state index contributed by atoms with van der Waals surface area (Å²) in [6.07, 6.45) is 6.58. The van der Waals surface area contributed by atoms with E-state index in [1.165, 1.54) is 25.7 Å². The van der Waals surface area contributed by atoms with Crippen LogP contribution in [0.3, 0.4) is 0 Å². The summed E-state index contributed by atoms with van der Waals surface area (Å²) < 4.78 is 0. The van der Waals surface area contributed by atoms with Gasteiger partial charge in [0.15, 0.2) is 0 Å². The average molecular weight is 355 g/mol. The normalized spacial score (nSPS) is 23.2. The van der Waals surface area contributed by atoms with E-state index in [1.807, 2.05) is 29.2 Å². The first-order chi connectivity index (χ1) is 12.5.